The minimum atomic E-state index is -2.96. The van der Waals surface area contributed by atoms with E-state index in [2.05, 4.69) is 4.98 Å². The Balaban J connectivity index is 3.52. The Morgan fingerprint density at radius 2 is 2.19 bits per heavy atom. The summed E-state index contributed by atoms with van der Waals surface area (Å²) >= 11 is 0. The number of aromatic nitrogens is 1. The van der Waals surface area contributed by atoms with Gasteiger partial charge in [-0.3, -0.25) is 4.79 Å². The van der Waals surface area contributed by atoms with Crippen molar-refractivity contribution in [1.29, 1.82) is 0 Å². The molecule has 86 valence electrons. The first-order valence-electron chi connectivity index (χ1n) is 4.08. The first-order valence-corrected chi connectivity index (χ1v) is 4.08. The maximum atomic E-state index is 12.6. The van der Waals surface area contributed by atoms with Crippen LogP contribution in [0.4, 0.5) is 14.6 Å². The standard InChI is InChI=1S/C8H7F2N3O3/c1-3-6(7(9)10)4(8(11)14)2-5(12-3)13(15)16/h2,7H,1H3,(H2,11,14). The van der Waals surface area contributed by atoms with Gasteiger partial charge in [-0.2, -0.15) is 0 Å². The van der Waals surface area contributed by atoms with Crippen LogP contribution in [0.1, 0.15) is 28.0 Å². The molecule has 0 aliphatic rings. The number of rotatable bonds is 3. The first-order chi connectivity index (χ1) is 7.34. The minimum Gasteiger partial charge on any atom is -0.366 e. The number of primary amides is 1. The number of hydrogen-bond acceptors (Lipinski definition) is 4. The van der Waals surface area contributed by atoms with Gasteiger partial charge in [0.05, 0.1) is 11.1 Å². The second-order valence-electron chi connectivity index (χ2n) is 2.95. The van der Waals surface area contributed by atoms with Crippen LogP contribution in [0.5, 0.6) is 0 Å². The lowest BCUT2D eigenvalue weighted by molar-refractivity contribution is -0.389. The predicted molar refractivity (Wildman–Crippen MR) is 49.1 cm³/mol. The highest BCUT2D eigenvalue weighted by atomic mass is 19.3. The molecule has 8 heteroatoms. The second kappa shape index (κ2) is 4.17. The lowest BCUT2D eigenvalue weighted by Gasteiger charge is -2.05. The van der Waals surface area contributed by atoms with Crippen LogP contribution >= 0.6 is 0 Å². The fraction of sp³-hybridized carbons (Fsp3) is 0.250. The molecule has 16 heavy (non-hydrogen) atoms. The molecule has 0 aromatic carbocycles. The molecule has 1 aromatic heterocycles. The SMILES string of the molecule is Cc1nc([N+](=O)[O-])cc(C(N)=O)c1C(F)F. The molecule has 0 atom stereocenters. The summed E-state index contributed by atoms with van der Waals surface area (Å²) in [5.74, 6) is -1.83. The van der Waals surface area contributed by atoms with Gasteiger partial charge in [0.25, 0.3) is 6.43 Å². The largest absolute Gasteiger partial charge is 0.366 e. The fourth-order valence-electron chi connectivity index (χ4n) is 1.24. The molecular weight excluding hydrogens is 224 g/mol. The summed E-state index contributed by atoms with van der Waals surface area (Å²) in [4.78, 5) is 23.8. The Morgan fingerprint density at radius 1 is 1.62 bits per heavy atom. The van der Waals surface area contributed by atoms with Gasteiger partial charge in [-0.25, -0.2) is 8.78 Å². The van der Waals surface area contributed by atoms with Gasteiger partial charge in [0.2, 0.25) is 5.91 Å². The van der Waals surface area contributed by atoms with Crippen LogP contribution in [0.3, 0.4) is 0 Å². The molecule has 0 unspecified atom stereocenters. The number of alkyl halides is 2. The molecule has 1 rings (SSSR count). The third kappa shape index (κ3) is 2.10. The van der Waals surface area contributed by atoms with E-state index in [0.717, 1.165) is 6.92 Å². The maximum absolute atomic E-state index is 12.6. The number of carbonyl (C=O) groups is 1. The molecule has 0 aliphatic carbocycles. The summed E-state index contributed by atoms with van der Waals surface area (Å²) in [5, 5.41) is 10.4. The molecule has 1 heterocycles. The normalized spacial score (nSPS) is 10.5. The lowest BCUT2D eigenvalue weighted by Crippen LogP contribution is -2.16. The van der Waals surface area contributed by atoms with Gasteiger partial charge in [0, 0.05) is 13.0 Å². The summed E-state index contributed by atoms with van der Waals surface area (Å²) in [7, 11) is 0. The topological polar surface area (TPSA) is 99.1 Å². The third-order valence-corrected chi connectivity index (χ3v) is 1.91. The summed E-state index contributed by atoms with van der Waals surface area (Å²) < 4.78 is 25.1. The monoisotopic (exact) mass is 231 g/mol. The van der Waals surface area contributed by atoms with Crippen LogP contribution < -0.4 is 5.73 Å². The van der Waals surface area contributed by atoms with Crippen molar-refractivity contribution in [2.24, 2.45) is 5.73 Å². The Morgan fingerprint density at radius 3 is 2.56 bits per heavy atom. The van der Waals surface area contributed by atoms with E-state index in [1.54, 1.807) is 0 Å². The highest BCUT2D eigenvalue weighted by molar-refractivity contribution is 5.95. The van der Waals surface area contributed by atoms with E-state index in [1.165, 1.54) is 0 Å². The highest BCUT2D eigenvalue weighted by Gasteiger charge is 2.26. The predicted octanol–water partition coefficient (Wildman–Crippen LogP) is 1.33. The van der Waals surface area contributed by atoms with Crippen molar-refractivity contribution >= 4 is 11.7 Å². The van der Waals surface area contributed by atoms with Crippen LogP contribution in [-0.2, 0) is 0 Å². The van der Waals surface area contributed by atoms with Gasteiger partial charge in [-0.1, -0.05) is 0 Å². The number of aryl methyl sites for hydroxylation is 1. The van der Waals surface area contributed by atoms with Crippen molar-refractivity contribution in [2.45, 2.75) is 13.3 Å². The number of nitro groups is 1. The number of nitrogens with two attached hydrogens (primary N) is 1. The molecule has 1 aromatic rings. The quantitative estimate of drug-likeness (QED) is 0.626. The Bertz CT molecular complexity index is 462. The number of halogens is 2. The summed E-state index contributed by atoms with van der Waals surface area (Å²) in [5.41, 5.74) is 3.34. The Labute approximate surface area is 88.2 Å². The molecule has 0 aliphatic heterocycles. The fourth-order valence-corrected chi connectivity index (χ4v) is 1.24. The first kappa shape index (κ1) is 12.0. The number of amides is 1. The van der Waals surface area contributed by atoms with E-state index < -0.39 is 34.2 Å². The molecule has 0 saturated carbocycles. The van der Waals surface area contributed by atoms with Crippen molar-refractivity contribution in [1.82, 2.24) is 4.98 Å². The number of hydrogen-bond donors (Lipinski definition) is 1. The molecule has 2 N–H and O–H groups in total. The number of nitrogens with zero attached hydrogens (tertiary/aromatic N) is 2. The summed E-state index contributed by atoms with van der Waals surface area (Å²) in [6.07, 6.45) is -2.96. The van der Waals surface area contributed by atoms with Crippen molar-refractivity contribution < 1.29 is 18.5 Å². The third-order valence-electron chi connectivity index (χ3n) is 1.91. The van der Waals surface area contributed by atoms with Crippen LogP contribution in [0.25, 0.3) is 0 Å². The van der Waals surface area contributed by atoms with E-state index >= 15 is 0 Å². The van der Waals surface area contributed by atoms with Crippen molar-refractivity contribution in [3.8, 4) is 0 Å². The van der Waals surface area contributed by atoms with Crippen molar-refractivity contribution in [2.75, 3.05) is 0 Å². The molecular formula is C8H7F2N3O3. The van der Waals surface area contributed by atoms with E-state index in [1.807, 2.05) is 0 Å². The van der Waals surface area contributed by atoms with Crippen LogP contribution in [-0.4, -0.2) is 15.8 Å². The molecule has 0 radical (unpaired) electrons. The second-order valence-corrected chi connectivity index (χ2v) is 2.95. The van der Waals surface area contributed by atoms with Crippen LogP contribution in [0, 0.1) is 17.0 Å². The molecule has 6 nitrogen and oxygen atoms in total. The van der Waals surface area contributed by atoms with Crippen molar-refractivity contribution in [3.63, 3.8) is 0 Å². The van der Waals surface area contributed by atoms with Gasteiger partial charge in [0.15, 0.2) is 5.69 Å². The zero-order valence-electron chi connectivity index (χ0n) is 8.11. The zero-order valence-corrected chi connectivity index (χ0v) is 8.11. The Kier molecular flexibility index (Phi) is 3.11. The highest BCUT2D eigenvalue weighted by Crippen LogP contribution is 2.27. The summed E-state index contributed by atoms with van der Waals surface area (Å²) in [6.45, 7) is 1.15. The molecule has 0 spiro atoms. The smallest absolute Gasteiger partial charge is 0.364 e. The van der Waals surface area contributed by atoms with Gasteiger partial charge >= 0.3 is 5.82 Å². The molecule has 0 bridgehead atoms. The average molecular weight is 231 g/mol. The number of pyridine rings is 1. The van der Waals surface area contributed by atoms with E-state index in [9.17, 15) is 23.7 Å². The van der Waals surface area contributed by atoms with Gasteiger partial charge < -0.3 is 15.8 Å². The van der Waals surface area contributed by atoms with E-state index in [-0.39, 0.29) is 5.69 Å². The minimum absolute atomic E-state index is 0.280. The molecule has 1 amide bonds. The maximum Gasteiger partial charge on any atom is 0.364 e. The van der Waals surface area contributed by atoms with Gasteiger partial charge in [-0.05, 0) is 9.91 Å². The lowest BCUT2D eigenvalue weighted by atomic mass is 10.1. The number of carbonyl (C=O) groups excluding carboxylic acids is 1. The molecule has 0 saturated heterocycles. The van der Waals surface area contributed by atoms with Crippen molar-refractivity contribution in [3.05, 3.63) is 33.0 Å². The summed E-state index contributed by atoms with van der Waals surface area (Å²) in [6, 6.07) is 0.650. The molecule has 0 fully saturated rings. The van der Waals surface area contributed by atoms with Crippen LogP contribution in [0.2, 0.25) is 0 Å². The Hall–Kier alpha value is -2.12. The van der Waals surface area contributed by atoms with Gasteiger partial charge in [0.1, 0.15) is 0 Å². The van der Waals surface area contributed by atoms with Gasteiger partial charge in [-0.15, -0.1) is 0 Å². The average Bonchev–Trinajstić information content (AvgIpc) is 2.15. The zero-order chi connectivity index (χ0) is 12.5. The van der Waals surface area contributed by atoms with E-state index in [0.29, 0.717) is 6.07 Å². The van der Waals surface area contributed by atoms with Crippen LogP contribution in [0.15, 0.2) is 6.07 Å². The van der Waals surface area contributed by atoms with E-state index in [4.69, 9.17) is 5.73 Å².